The van der Waals surface area contributed by atoms with Gasteiger partial charge in [-0.2, -0.15) is 4.31 Å². The summed E-state index contributed by atoms with van der Waals surface area (Å²) in [6.07, 6.45) is 9.31. The summed E-state index contributed by atoms with van der Waals surface area (Å²) in [5.74, 6) is 1.16. The number of nitrogens with zero attached hydrogens (tertiary/aromatic N) is 4. The third-order valence-electron chi connectivity index (χ3n) is 9.17. The fraction of sp³-hybridized carbons (Fsp3) is 0.455. The average molecular weight is 607 g/mol. The molecule has 0 radical (unpaired) electrons. The van der Waals surface area contributed by atoms with Gasteiger partial charge in [0.2, 0.25) is 10.0 Å². The molecule has 1 aliphatic carbocycles. The largest absolute Gasteiger partial charge is 0.354 e. The molecule has 1 unspecified atom stereocenters. The second kappa shape index (κ2) is 11.9. The smallest absolute Gasteiger partial charge is 0.245 e. The van der Waals surface area contributed by atoms with Crippen LogP contribution in [-0.4, -0.2) is 55.2 Å². The number of hydrogen-bond donors (Lipinski definition) is 0. The molecule has 0 spiro atoms. The van der Waals surface area contributed by atoms with Gasteiger partial charge in [-0.3, -0.25) is 4.79 Å². The number of carbonyl (C=O) groups is 1. The highest BCUT2D eigenvalue weighted by Gasteiger charge is 2.42. The number of ketones is 1. The number of sulfonamides is 1. The molecule has 2 atom stereocenters. The zero-order valence-electron chi connectivity index (χ0n) is 24.5. The van der Waals surface area contributed by atoms with Crippen molar-refractivity contribution in [3.05, 3.63) is 71.9 Å². The van der Waals surface area contributed by atoms with Gasteiger partial charge >= 0.3 is 0 Å². The summed E-state index contributed by atoms with van der Waals surface area (Å²) < 4.78 is 29.6. The summed E-state index contributed by atoms with van der Waals surface area (Å²) in [6.45, 7) is 9.69. The van der Waals surface area contributed by atoms with Crippen LogP contribution < -0.4 is 9.80 Å². The molecular formula is C33H42N4O3S2. The van der Waals surface area contributed by atoms with Gasteiger partial charge in [0, 0.05) is 44.3 Å². The van der Waals surface area contributed by atoms with Crippen LogP contribution in [0.25, 0.3) is 10.4 Å². The Balaban J connectivity index is 0.00000368. The first-order valence-corrected chi connectivity index (χ1v) is 17.4. The molecule has 2 aliphatic heterocycles. The van der Waals surface area contributed by atoms with Gasteiger partial charge in [0.1, 0.15) is 10.7 Å². The molecule has 9 heteroatoms. The maximum atomic E-state index is 14.0. The Labute approximate surface area is 255 Å². The molecule has 0 amide bonds. The number of carbonyl (C=O) groups excluding carboxylic acids is 1. The molecule has 0 N–H and O–H groups in total. The molecule has 1 saturated carbocycles. The normalized spacial score (nSPS) is 22.6. The van der Waals surface area contributed by atoms with Crippen molar-refractivity contribution in [1.82, 2.24) is 9.29 Å². The predicted octanol–water partition coefficient (Wildman–Crippen LogP) is 7.22. The van der Waals surface area contributed by atoms with E-state index in [2.05, 4.69) is 46.5 Å². The van der Waals surface area contributed by atoms with Crippen LogP contribution in [0.15, 0.2) is 71.9 Å². The van der Waals surface area contributed by atoms with Crippen molar-refractivity contribution in [2.24, 2.45) is 5.92 Å². The number of pyridine rings is 1. The van der Waals surface area contributed by atoms with Crippen LogP contribution in [0.1, 0.15) is 69.9 Å². The third kappa shape index (κ3) is 5.54. The molecule has 2 saturated heterocycles. The van der Waals surface area contributed by atoms with Crippen LogP contribution in [0, 0.1) is 5.92 Å². The minimum atomic E-state index is -3.79. The SMILES string of the molecule is C=C1CN(S(=O)(=O)c2ccc(N3CCC[C@@H]3C)nc2)CC(C2CCCCC2)N1c1cc(-c2ccccc2)sc1C(C)=O.[HH]. The molecule has 3 aliphatic rings. The number of piperazine rings is 1. The van der Waals surface area contributed by atoms with Crippen molar-refractivity contribution >= 4 is 38.6 Å². The van der Waals surface area contributed by atoms with Gasteiger partial charge in [0.05, 0.1) is 23.2 Å². The van der Waals surface area contributed by atoms with Crippen molar-refractivity contribution < 1.29 is 14.6 Å². The first-order valence-electron chi connectivity index (χ1n) is 15.1. The lowest BCUT2D eigenvalue weighted by molar-refractivity contribution is 0.102. The average Bonchev–Trinajstić information content (AvgIpc) is 3.64. The Bertz CT molecular complexity index is 1550. The standard InChI is InChI=1S/C33H40N4O3S2.H2/c1-23-11-10-18-36(23)32-17-16-28(20-34-32)42(39,40)35-21-24(2)37(30(22-35)26-12-6-4-7-13-26)29-19-31(41-33(29)25(3)38)27-14-8-5-9-15-27;/h5,8-9,14-17,19-20,23,26,30H,2,4,6-7,10-13,18,21-22H2,1,3H3;1H/t23-,30?;/m0./s1. The summed E-state index contributed by atoms with van der Waals surface area (Å²) in [5, 5.41) is 0. The van der Waals surface area contributed by atoms with Gasteiger partial charge in [0.25, 0.3) is 0 Å². The first-order chi connectivity index (χ1) is 20.2. The Morgan fingerprint density at radius 3 is 2.45 bits per heavy atom. The van der Waals surface area contributed by atoms with Crippen LogP contribution in [-0.2, 0) is 10.0 Å². The molecule has 7 nitrogen and oxygen atoms in total. The van der Waals surface area contributed by atoms with E-state index < -0.39 is 10.0 Å². The topological polar surface area (TPSA) is 73.8 Å². The van der Waals surface area contributed by atoms with E-state index in [1.54, 1.807) is 17.3 Å². The highest BCUT2D eigenvalue weighted by atomic mass is 32.2. The van der Waals surface area contributed by atoms with Crippen LogP contribution in [0.3, 0.4) is 0 Å². The van der Waals surface area contributed by atoms with Crippen molar-refractivity contribution in [3.63, 3.8) is 0 Å². The lowest BCUT2D eigenvalue weighted by Gasteiger charge is -2.47. The Hall–Kier alpha value is -3.01. The Morgan fingerprint density at radius 2 is 1.81 bits per heavy atom. The van der Waals surface area contributed by atoms with Gasteiger partial charge in [-0.25, -0.2) is 13.4 Å². The van der Waals surface area contributed by atoms with Crippen molar-refractivity contribution in [2.45, 2.75) is 75.8 Å². The van der Waals surface area contributed by atoms with E-state index in [1.165, 1.54) is 24.0 Å². The van der Waals surface area contributed by atoms with Crippen molar-refractivity contribution in [2.75, 3.05) is 29.4 Å². The molecule has 1 aromatic carbocycles. The first kappa shape index (κ1) is 29.1. The third-order valence-corrected chi connectivity index (χ3v) is 12.2. The lowest BCUT2D eigenvalue weighted by atomic mass is 9.82. The number of aromatic nitrogens is 1. The Morgan fingerprint density at radius 1 is 1.05 bits per heavy atom. The van der Waals surface area contributed by atoms with Crippen LogP contribution in [0.5, 0.6) is 0 Å². The summed E-state index contributed by atoms with van der Waals surface area (Å²) in [7, 11) is -3.79. The minimum Gasteiger partial charge on any atom is -0.354 e. The fourth-order valence-electron chi connectivity index (χ4n) is 6.95. The number of hydrogen-bond acceptors (Lipinski definition) is 7. The van der Waals surface area contributed by atoms with E-state index in [0.717, 1.165) is 67.0 Å². The summed E-state index contributed by atoms with van der Waals surface area (Å²) in [4.78, 5) is 23.9. The second-order valence-corrected chi connectivity index (χ2v) is 15.0. The number of rotatable bonds is 7. The summed E-state index contributed by atoms with van der Waals surface area (Å²) >= 11 is 1.50. The van der Waals surface area contributed by atoms with E-state index >= 15 is 0 Å². The fourth-order valence-corrected chi connectivity index (χ4v) is 9.40. The van der Waals surface area contributed by atoms with Gasteiger partial charge in [-0.15, -0.1) is 11.3 Å². The highest BCUT2D eigenvalue weighted by Crippen LogP contribution is 2.43. The quantitative estimate of drug-likeness (QED) is 0.265. The monoisotopic (exact) mass is 606 g/mol. The lowest BCUT2D eigenvalue weighted by Crippen LogP contribution is -2.56. The molecule has 224 valence electrons. The van der Waals surface area contributed by atoms with E-state index in [9.17, 15) is 13.2 Å². The molecular weight excluding hydrogens is 565 g/mol. The molecule has 2 aromatic heterocycles. The van der Waals surface area contributed by atoms with Gasteiger partial charge in [0.15, 0.2) is 5.78 Å². The summed E-state index contributed by atoms with van der Waals surface area (Å²) in [6, 6.07) is 16.1. The van der Waals surface area contributed by atoms with Crippen molar-refractivity contribution in [3.8, 4) is 10.4 Å². The second-order valence-electron chi connectivity index (χ2n) is 12.0. The Kier molecular flexibility index (Phi) is 8.26. The van der Waals surface area contributed by atoms with E-state index in [1.807, 2.05) is 24.3 Å². The molecule has 42 heavy (non-hydrogen) atoms. The minimum absolute atomic E-state index is 0. The molecule has 3 fully saturated rings. The van der Waals surface area contributed by atoms with Crippen molar-refractivity contribution in [1.29, 1.82) is 0 Å². The number of anilines is 2. The van der Waals surface area contributed by atoms with Crippen LogP contribution >= 0.6 is 11.3 Å². The van der Waals surface area contributed by atoms with Gasteiger partial charge < -0.3 is 9.80 Å². The van der Waals surface area contributed by atoms with Gasteiger partial charge in [-0.05, 0) is 62.3 Å². The zero-order chi connectivity index (χ0) is 29.4. The highest BCUT2D eigenvalue weighted by molar-refractivity contribution is 7.89. The van der Waals surface area contributed by atoms with E-state index in [0.29, 0.717) is 29.1 Å². The number of thiophene rings is 1. The molecule has 3 aromatic rings. The summed E-state index contributed by atoms with van der Waals surface area (Å²) in [5.41, 5.74) is 2.63. The maximum absolute atomic E-state index is 14.0. The van der Waals surface area contributed by atoms with Crippen LogP contribution in [0.2, 0.25) is 0 Å². The maximum Gasteiger partial charge on any atom is 0.245 e. The molecule has 0 bridgehead atoms. The number of benzene rings is 1. The predicted molar refractivity (Wildman–Crippen MR) is 173 cm³/mol. The van der Waals surface area contributed by atoms with E-state index in [-0.39, 0.29) is 24.7 Å². The number of Topliss-reactive ketones (excluding diaryl/α,β-unsaturated/α-hetero) is 1. The van der Waals surface area contributed by atoms with Crippen LogP contribution in [0.4, 0.5) is 11.5 Å². The zero-order valence-corrected chi connectivity index (χ0v) is 26.2. The van der Waals surface area contributed by atoms with Gasteiger partial charge in [-0.1, -0.05) is 56.2 Å². The van der Waals surface area contributed by atoms with E-state index in [4.69, 9.17) is 0 Å². The molecule has 6 rings (SSSR count). The molecule has 4 heterocycles.